The average Bonchev–Trinajstić information content (AvgIpc) is 3.20. The Morgan fingerprint density at radius 1 is 1.06 bits per heavy atom. The number of hydrogen-bond donors (Lipinski definition) is 1. The van der Waals surface area contributed by atoms with Crippen LogP contribution in [-0.4, -0.2) is 46.0 Å². The van der Waals surface area contributed by atoms with Crippen molar-refractivity contribution in [3.63, 3.8) is 0 Å². The monoisotopic (exact) mass is 433 g/mol. The van der Waals surface area contributed by atoms with Crippen LogP contribution >= 0.6 is 0 Å². The first kappa shape index (κ1) is 22.0. The molecule has 0 spiro atoms. The van der Waals surface area contributed by atoms with Crippen molar-refractivity contribution in [3.05, 3.63) is 77.2 Å². The normalized spacial score (nSPS) is 18.5. The molecule has 2 atom stereocenters. The number of pyridine rings is 1. The molecule has 2 aromatic heterocycles. The van der Waals surface area contributed by atoms with E-state index in [-0.39, 0.29) is 18.1 Å². The molecule has 3 aromatic rings. The Morgan fingerprint density at radius 2 is 1.81 bits per heavy atom. The van der Waals surface area contributed by atoms with Gasteiger partial charge in [-0.15, -0.1) is 0 Å². The highest BCUT2D eigenvalue weighted by molar-refractivity contribution is 5.95. The predicted octanol–water partition coefficient (Wildman–Crippen LogP) is 3.43. The van der Waals surface area contributed by atoms with E-state index in [4.69, 9.17) is 4.74 Å². The highest BCUT2D eigenvalue weighted by atomic mass is 16.5. The van der Waals surface area contributed by atoms with Gasteiger partial charge >= 0.3 is 0 Å². The molecule has 32 heavy (non-hydrogen) atoms. The quantitative estimate of drug-likeness (QED) is 0.618. The van der Waals surface area contributed by atoms with Gasteiger partial charge in [-0.1, -0.05) is 43.3 Å². The second kappa shape index (κ2) is 9.96. The number of nitrogens with zero attached hydrogens (tertiary/aromatic N) is 4. The zero-order valence-corrected chi connectivity index (χ0v) is 19.0. The van der Waals surface area contributed by atoms with Gasteiger partial charge in [0.25, 0.3) is 5.91 Å². The molecule has 0 bridgehead atoms. The first-order chi connectivity index (χ1) is 15.5. The molecule has 0 radical (unpaired) electrons. The molecule has 1 amide bonds. The van der Waals surface area contributed by atoms with Gasteiger partial charge in [0.15, 0.2) is 0 Å². The predicted molar refractivity (Wildman–Crippen MR) is 125 cm³/mol. The molecule has 7 nitrogen and oxygen atoms in total. The van der Waals surface area contributed by atoms with E-state index in [1.165, 1.54) is 0 Å². The minimum atomic E-state index is -0.110. The molecule has 3 heterocycles. The molecular weight excluding hydrogens is 402 g/mol. The summed E-state index contributed by atoms with van der Waals surface area (Å²) >= 11 is 0. The number of ether oxygens (including phenoxy) is 1. The van der Waals surface area contributed by atoms with Crippen LogP contribution < -0.4 is 10.2 Å². The molecule has 7 heteroatoms. The molecule has 1 aromatic carbocycles. The van der Waals surface area contributed by atoms with Gasteiger partial charge < -0.3 is 15.0 Å². The molecule has 1 aliphatic heterocycles. The van der Waals surface area contributed by atoms with Crippen LogP contribution in [0.15, 0.2) is 54.9 Å². The summed E-state index contributed by atoms with van der Waals surface area (Å²) in [4.78, 5) is 19.7. The van der Waals surface area contributed by atoms with Gasteiger partial charge in [-0.2, -0.15) is 5.10 Å². The highest BCUT2D eigenvalue weighted by Gasteiger charge is 2.23. The van der Waals surface area contributed by atoms with Gasteiger partial charge in [0.05, 0.1) is 36.2 Å². The van der Waals surface area contributed by atoms with Crippen molar-refractivity contribution in [1.82, 2.24) is 20.1 Å². The van der Waals surface area contributed by atoms with Gasteiger partial charge in [0, 0.05) is 25.8 Å². The molecule has 168 valence electrons. The summed E-state index contributed by atoms with van der Waals surface area (Å²) in [7, 11) is 0. The van der Waals surface area contributed by atoms with E-state index >= 15 is 0 Å². The molecular formula is C25H31N5O2. The lowest BCUT2D eigenvalue weighted by Gasteiger charge is -2.36. The van der Waals surface area contributed by atoms with Crippen LogP contribution in [0, 0.1) is 0 Å². The number of rotatable bonds is 7. The SMILES string of the molecule is CCc1c(C(=O)NCc2ccc(N3CC(C)OC(C)C3)nc2)cnn1Cc1ccccc1. The van der Waals surface area contributed by atoms with Crippen LogP contribution in [0.3, 0.4) is 0 Å². The third-order valence-electron chi connectivity index (χ3n) is 5.71. The maximum Gasteiger partial charge on any atom is 0.255 e. The van der Waals surface area contributed by atoms with E-state index in [2.05, 4.69) is 46.3 Å². The number of anilines is 1. The summed E-state index contributed by atoms with van der Waals surface area (Å²) in [5.74, 6) is 0.832. The van der Waals surface area contributed by atoms with Crippen molar-refractivity contribution in [2.75, 3.05) is 18.0 Å². The Bertz CT molecular complexity index is 1020. The largest absolute Gasteiger partial charge is 0.372 e. The van der Waals surface area contributed by atoms with Crippen LogP contribution in [0.4, 0.5) is 5.82 Å². The first-order valence-corrected chi connectivity index (χ1v) is 11.3. The smallest absolute Gasteiger partial charge is 0.255 e. The molecule has 1 fully saturated rings. The number of amides is 1. The third kappa shape index (κ3) is 5.16. The molecule has 1 N–H and O–H groups in total. The molecule has 0 aliphatic carbocycles. The lowest BCUT2D eigenvalue weighted by Crippen LogP contribution is -2.45. The Hall–Kier alpha value is -3.19. The number of benzene rings is 1. The number of carbonyl (C=O) groups excluding carboxylic acids is 1. The maximum atomic E-state index is 12.8. The second-order valence-corrected chi connectivity index (χ2v) is 8.37. The summed E-state index contributed by atoms with van der Waals surface area (Å²) in [6.45, 7) is 8.96. The van der Waals surface area contributed by atoms with Gasteiger partial charge in [-0.3, -0.25) is 9.48 Å². The van der Waals surface area contributed by atoms with E-state index < -0.39 is 0 Å². The van der Waals surface area contributed by atoms with Crippen LogP contribution in [0.5, 0.6) is 0 Å². The van der Waals surface area contributed by atoms with Gasteiger partial charge in [0.1, 0.15) is 5.82 Å². The number of nitrogens with one attached hydrogen (secondary N) is 1. The number of carbonyl (C=O) groups is 1. The fourth-order valence-electron chi connectivity index (χ4n) is 4.22. The number of morpholine rings is 1. The fraction of sp³-hybridized carbons (Fsp3) is 0.400. The lowest BCUT2D eigenvalue weighted by atomic mass is 10.1. The Labute approximate surface area is 189 Å². The second-order valence-electron chi connectivity index (χ2n) is 8.37. The summed E-state index contributed by atoms with van der Waals surface area (Å²) in [6, 6.07) is 14.2. The van der Waals surface area contributed by atoms with E-state index in [0.29, 0.717) is 18.7 Å². The standard InChI is InChI=1S/C25H31N5O2/c1-4-23-22(14-28-30(23)17-20-8-6-5-7-9-20)25(31)27-13-21-10-11-24(26-12-21)29-15-18(2)32-19(3)16-29/h5-12,14,18-19H,4,13,15-17H2,1-3H3,(H,27,31). The molecule has 0 saturated carbocycles. The molecule has 2 unspecified atom stereocenters. The summed E-state index contributed by atoms with van der Waals surface area (Å²) < 4.78 is 7.71. The topological polar surface area (TPSA) is 72.3 Å². The van der Waals surface area contributed by atoms with Crippen molar-refractivity contribution in [1.29, 1.82) is 0 Å². The van der Waals surface area contributed by atoms with Crippen molar-refractivity contribution in [2.45, 2.75) is 52.5 Å². The Morgan fingerprint density at radius 3 is 2.47 bits per heavy atom. The van der Waals surface area contributed by atoms with Crippen LogP contribution in [-0.2, 0) is 24.2 Å². The van der Waals surface area contributed by atoms with Crippen molar-refractivity contribution < 1.29 is 9.53 Å². The Kier molecular flexibility index (Phi) is 6.85. The van der Waals surface area contributed by atoms with Crippen LogP contribution in [0.2, 0.25) is 0 Å². The maximum absolute atomic E-state index is 12.8. The van der Waals surface area contributed by atoms with Crippen LogP contribution in [0.1, 0.15) is 48.0 Å². The fourth-order valence-corrected chi connectivity index (χ4v) is 4.22. The minimum Gasteiger partial charge on any atom is -0.372 e. The van der Waals surface area contributed by atoms with Gasteiger partial charge in [-0.05, 0) is 37.5 Å². The number of aromatic nitrogens is 3. The Balaban J connectivity index is 1.37. The zero-order chi connectivity index (χ0) is 22.5. The van der Waals surface area contributed by atoms with E-state index in [1.54, 1.807) is 6.20 Å². The van der Waals surface area contributed by atoms with Gasteiger partial charge in [0.2, 0.25) is 0 Å². The van der Waals surface area contributed by atoms with Crippen LogP contribution in [0.25, 0.3) is 0 Å². The van der Waals surface area contributed by atoms with E-state index in [0.717, 1.165) is 42.1 Å². The summed E-state index contributed by atoms with van der Waals surface area (Å²) in [5, 5.41) is 7.48. The molecule has 1 saturated heterocycles. The van der Waals surface area contributed by atoms with E-state index in [9.17, 15) is 4.79 Å². The summed E-state index contributed by atoms with van der Waals surface area (Å²) in [6.07, 6.45) is 4.62. The average molecular weight is 434 g/mol. The van der Waals surface area contributed by atoms with Gasteiger partial charge in [-0.25, -0.2) is 4.98 Å². The van der Waals surface area contributed by atoms with Crippen molar-refractivity contribution >= 4 is 11.7 Å². The van der Waals surface area contributed by atoms with E-state index in [1.807, 2.05) is 48.1 Å². The number of hydrogen-bond acceptors (Lipinski definition) is 5. The minimum absolute atomic E-state index is 0.110. The first-order valence-electron chi connectivity index (χ1n) is 11.3. The third-order valence-corrected chi connectivity index (χ3v) is 5.71. The molecule has 4 rings (SSSR count). The molecule has 1 aliphatic rings. The van der Waals surface area contributed by atoms with Crippen molar-refractivity contribution in [3.8, 4) is 0 Å². The highest BCUT2D eigenvalue weighted by Crippen LogP contribution is 2.18. The zero-order valence-electron chi connectivity index (χ0n) is 19.0. The lowest BCUT2D eigenvalue weighted by molar-refractivity contribution is -0.00546. The summed E-state index contributed by atoms with van der Waals surface area (Å²) in [5.41, 5.74) is 3.69. The van der Waals surface area contributed by atoms with Crippen molar-refractivity contribution in [2.24, 2.45) is 0 Å².